The Morgan fingerprint density at radius 1 is 0.724 bits per heavy atom. The molecule has 0 heterocycles. The quantitative estimate of drug-likeness (QED) is 0.507. The van der Waals surface area contributed by atoms with Crippen LogP contribution in [0.25, 0.3) is 12.2 Å². The van der Waals surface area contributed by atoms with Gasteiger partial charge in [0.25, 0.3) is 0 Å². The maximum Gasteiger partial charge on any atom is 0.185 e. The number of benzene rings is 2. The molecule has 2 aromatic rings. The van der Waals surface area contributed by atoms with Crippen LogP contribution in [0, 0.1) is 11.3 Å². The number of rotatable bonds is 4. The van der Waals surface area contributed by atoms with Crippen LogP contribution in [0.2, 0.25) is 0 Å². The minimum absolute atomic E-state index is 0.158. The minimum atomic E-state index is 0.158. The lowest BCUT2D eigenvalue weighted by molar-refractivity contribution is -0.113. The molecule has 0 amide bonds. The van der Waals surface area contributed by atoms with Gasteiger partial charge in [0.15, 0.2) is 5.78 Å². The molecule has 0 aliphatic heterocycles. The van der Waals surface area contributed by atoms with Crippen molar-refractivity contribution >= 4 is 17.9 Å². The van der Waals surface area contributed by atoms with E-state index in [4.69, 9.17) is 0 Å². The Kier molecular flexibility index (Phi) is 6.82. The SMILES string of the molecule is CC(C)(C)C1C/C(=C\C=C\c2ccccc2)C(=O)/C(=C/C=C/c2ccccc2)C1. The van der Waals surface area contributed by atoms with Crippen LogP contribution in [-0.4, -0.2) is 5.78 Å². The molecule has 0 bridgehead atoms. The number of Topliss-reactive ketones (excluding diaryl/α,β-unsaturated/α-hetero) is 1. The third kappa shape index (κ3) is 6.02. The first-order valence-electron chi connectivity index (χ1n) is 10.3. The second-order valence-electron chi connectivity index (χ2n) is 8.72. The van der Waals surface area contributed by atoms with Crippen molar-refractivity contribution in [1.29, 1.82) is 0 Å². The molecule has 0 radical (unpaired) electrons. The molecule has 0 spiro atoms. The van der Waals surface area contributed by atoms with Crippen LogP contribution in [0.1, 0.15) is 44.7 Å². The van der Waals surface area contributed by atoms with Gasteiger partial charge < -0.3 is 0 Å². The van der Waals surface area contributed by atoms with Crippen molar-refractivity contribution < 1.29 is 4.79 Å². The van der Waals surface area contributed by atoms with E-state index < -0.39 is 0 Å². The number of ketones is 1. The summed E-state index contributed by atoms with van der Waals surface area (Å²) in [5.74, 6) is 0.633. The van der Waals surface area contributed by atoms with Gasteiger partial charge in [-0.1, -0.05) is 118 Å². The van der Waals surface area contributed by atoms with Crippen LogP contribution in [-0.2, 0) is 4.79 Å². The van der Waals surface area contributed by atoms with Gasteiger partial charge in [-0.2, -0.15) is 0 Å². The molecule has 2 aromatic carbocycles. The Balaban J connectivity index is 1.83. The van der Waals surface area contributed by atoms with Crippen molar-refractivity contribution in [3.63, 3.8) is 0 Å². The average molecular weight is 383 g/mol. The molecule has 1 aliphatic rings. The maximum atomic E-state index is 13.1. The first-order valence-corrected chi connectivity index (χ1v) is 10.3. The summed E-state index contributed by atoms with van der Waals surface area (Å²) in [7, 11) is 0. The van der Waals surface area contributed by atoms with Crippen LogP contribution in [0.15, 0.2) is 96.1 Å². The van der Waals surface area contributed by atoms with Crippen molar-refractivity contribution in [2.45, 2.75) is 33.6 Å². The number of allylic oxidation sites excluding steroid dienone is 6. The molecule has 0 N–H and O–H groups in total. The summed E-state index contributed by atoms with van der Waals surface area (Å²) in [6.45, 7) is 6.80. The van der Waals surface area contributed by atoms with E-state index in [1.54, 1.807) is 0 Å². The Bertz CT molecular complexity index is 863. The maximum absolute atomic E-state index is 13.1. The molecule has 0 atom stereocenters. The average Bonchev–Trinajstić information content (AvgIpc) is 2.71. The monoisotopic (exact) mass is 382 g/mol. The highest BCUT2D eigenvalue weighted by molar-refractivity contribution is 6.09. The van der Waals surface area contributed by atoms with Gasteiger partial charge in [0.2, 0.25) is 0 Å². The summed E-state index contributed by atoms with van der Waals surface area (Å²) in [5.41, 5.74) is 4.25. The van der Waals surface area contributed by atoms with Crippen LogP contribution in [0.5, 0.6) is 0 Å². The first kappa shape index (κ1) is 20.8. The van der Waals surface area contributed by atoms with Gasteiger partial charge in [-0.15, -0.1) is 0 Å². The molecular formula is C28H30O. The number of hydrogen-bond acceptors (Lipinski definition) is 1. The van der Waals surface area contributed by atoms with Gasteiger partial charge in [-0.05, 0) is 35.3 Å². The molecule has 0 saturated heterocycles. The Labute approximate surface area is 175 Å². The standard InChI is InChI=1S/C28H30O/c1-28(2,3)26-20-24(18-10-16-22-12-6-4-7-13-22)27(29)25(21-26)19-11-17-23-14-8-5-9-15-23/h4-19,26H,20-21H2,1-3H3/b16-10+,17-11+,24-18+,25-19+. The Morgan fingerprint density at radius 2 is 1.14 bits per heavy atom. The molecule has 148 valence electrons. The van der Waals surface area contributed by atoms with E-state index in [-0.39, 0.29) is 11.2 Å². The molecule has 0 unspecified atom stereocenters. The summed E-state index contributed by atoms with van der Waals surface area (Å²) >= 11 is 0. The molecule has 1 nitrogen and oxygen atoms in total. The second kappa shape index (κ2) is 9.52. The Morgan fingerprint density at radius 3 is 1.52 bits per heavy atom. The minimum Gasteiger partial charge on any atom is -0.289 e. The topological polar surface area (TPSA) is 17.1 Å². The molecule has 3 rings (SSSR count). The van der Waals surface area contributed by atoms with Crippen molar-refractivity contribution in [1.82, 2.24) is 0 Å². The van der Waals surface area contributed by atoms with Crippen LogP contribution in [0.4, 0.5) is 0 Å². The highest BCUT2D eigenvalue weighted by Crippen LogP contribution is 2.40. The lowest BCUT2D eigenvalue weighted by atomic mass is 9.69. The van der Waals surface area contributed by atoms with Crippen LogP contribution < -0.4 is 0 Å². The summed E-state index contributed by atoms with van der Waals surface area (Å²) in [6.07, 6.45) is 13.8. The van der Waals surface area contributed by atoms with Gasteiger partial charge in [0, 0.05) is 11.1 Å². The normalized spacial score (nSPS) is 20.9. The lowest BCUT2D eigenvalue weighted by Crippen LogP contribution is -2.29. The molecule has 1 heteroatoms. The first-order chi connectivity index (χ1) is 13.9. The van der Waals surface area contributed by atoms with E-state index in [1.807, 2.05) is 60.7 Å². The van der Waals surface area contributed by atoms with Crippen molar-refractivity contribution in [3.8, 4) is 0 Å². The summed E-state index contributed by atoms with van der Waals surface area (Å²) in [6, 6.07) is 20.4. The molecule has 1 saturated carbocycles. The van der Waals surface area contributed by atoms with Gasteiger partial charge in [0.1, 0.15) is 0 Å². The fourth-order valence-electron chi connectivity index (χ4n) is 3.57. The zero-order valence-electron chi connectivity index (χ0n) is 17.6. The highest BCUT2D eigenvalue weighted by atomic mass is 16.1. The fourth-order valence-corrected chi connectivity index (χ4v) is 3.57. The van der Waals surface area contributed by atoms with Gasteiger partial charge >= 0.3 is 0 Å². The van der Waals surface area contributed by atoms with E-state index in [0.717, 1.165) is 35.1 Å². The summed E-state index contributed by atoms with van der Waals surface area (Å²) < 4.78 is 0. The van der Waals surface area contributed by atoms with Gasteiger partial charge in [-0.3, -0.25) is 4.79 Å². The number of hydrogen-bond donors (Lipinski definition) is 0. The second-order valence-corrected chi connectivity index (χ2v) is 8.72. The summed E-state index contributed by atoms with van der Waals surface area (Å²) in [4.78, 5) is 13.1. The number of carbonyl (C=O) groups is 1. The molecule has 1 aliphatic carbocycles. The zero-order chi connectivity index (χ0) is 20.7. The van der Waals surface area contributed by atoms with Crippen molar-refractivity contribution in [2.75, 3.05) is 0 Å². The molecule has 0 aromatic heterocycles. The lowest BCUT2D eigenvalue weighted by Gasteiger charge is -2.35. The molecular weight excluding hydrogens is 352 g/mol. The third-order valence-electron chi connectivity index (χ3n) is 5.51. The van der Waals surface area contributed by atoms with E-state index in [2.05, 4.69) is 57.2 Å². The largest absolute Gasteiger partial charge is 0.289 e. The van der Waals surface area contributed by atoms with Crippen molar-refractivity contribution in [2.24, 2.45) is 11.3 Å². The van der Waals surface area contributed by atoms with E-state index in [0.29, 0.717) is 5.92 Å². The van der Waals surface area contributed by atoms with E-state index in [1.165, 1.54) is 0 Å². The Hall–Kier alpha value is -2.93. The van der Waals surface area contributed by atoms with E-state index in [9.17, 15) is 4.79 Å². The molecule has 1 fully saturated rings. The number of carbonyl (C=O) groups excluding carboxylic acids is 1. The molecule has 29 heavy (non-hydrogen) atoms. The zero-order valence-corrected chi connectivity index (χ0v) is 17.6. The van der Waals surface area contributed by atoms with Crippen LogP contribution >= 0.6 is 0 Å². The third-order valence-corrected chi connectivity index (χ3v) is 5.51. The predicted octanol–water partition coefficient (Wildman–Crippen LogP) is 7.29. The van der Waals surface area contributed by atoms with Crippen LogP contribution in [0.3, 0.4) is 0 Å². The predicted molar refractivity (Wildman–Crippen MR) is 124 cm³/mol. The highest BCUT2D eigenvalue weighted by Gasteiger charge is 2.33. The smallest absolute Gasteiger partial charge is 0.185 e. The fraction of sp³-hybridized carbons (Fsp3) is 0.250. The van der Waals surface area contributed by atoms with Gasteiger partial charge in [-0.25, -0.2) is 0 Å². The van der Waals surface area contributed by atoms with E-state index >= 15 is 0 Å². The van der Waals surface area contributed by atoms with Crippen molar-refractivity contribution in [3.05, 3.63) is 107 Å². The van der Waals surface area contributed by atoms with Gasteiger partial charge in [0.05, 0.1) is 0 Å². The summed E-state index contributed by atoms with van der Waals surface area (Å²) in [5, 5.41) is 0.